The number of thioether (sulfide) groups is 1. The molecule has 0 aliphatic heterocycles. The molecule has 0 radical (unpaired) electrons. The molecule has 0 saturated carbocycles. The minimum absolute atomic E-state index is 0.391. The van der Waals surface area contributed by atoms with Crippen LogP contribution in [0.1, 0.15) is 13.8 Å². The minimum atomic E-state index is 0.391. The molecule has 0 rings (SSSR count). The van der Waals surface area contributed by atoms with Crippen molar-refractivity contribution in [3.05, 3.63) is 21.5 Å². The Kier molecular flexibility index (Phi) is 4.91. The second-order valence-corrected chi connectivity index (χ2v) is 4.46. The van der Waals surface area contributed by atoms with E-state index in [1.54, 1.807) is 5.41 Å². The monoisotopic (exact) mass is 221 g/mol. The SMILES string of the molecule is C=CS/C(Br)=C(\N)C(C)C. The van der Waals surface area contributed by atoms with Crippen molar-refractivity contribution >= 4 is 27.7 Å². The minimum Gasteiger partial charge on any atom is -0.400 e. The number of halogens is 1. The summed E-state index contributed by atoms with van der Waals surface area (Å²) in [6.45, 7) is 7.70. The second-order valence-electron chi connectivity index (χ2n) is 2.17. The number of rotatable bonds is 3. The maximum absolute atomic E-state index is 5.71. The van der Waals surface area contributed by atoms with Crippen molar-refractivity contribution in [3.63, 3.8) is 0 Å². The molecule has 0 aromatic heterocycles. The Morgan fingerprint density at radius 1 is 1.70 bits per heavy atom. The van der Waals surface area contributed by atoms with Gasteiger partial charge in [-0.15, -0.1) is 0 Å². The second kappa shape index (κ2) is 4.85. The lowest BCUT2D eigenvalue weighted by atomic mass is 10.2. The van der Waals surface area contributed by atoms with Gasteiger partial charge in [0.05, 0.1) is 3.81 Å². The summed E-state index contributed by atoms with van der Waals surface area (Å²) in [4.78, 5) is 0. The fraction of sp³-hybridized carbons (Fsp3) is 0.429. The van der Waals surface area contributed by atoms with Crippen LogP contribution in [0.3, 0.4) is 0 Å². The van der Waals surface area contributed by atoms with Gasteiger partial charge in [-0.1, -0.05) is 32.2 Å². The van der Waals surface area contributed by atoms with Gasteiger partial charge in [0.25, 0.3) is 0 Å². The highest BCUT2D eigenvalue weighted by Crippen LogP contribution is 2.27. The van der Waals surface area contributed by atoms with Gasteiger partial charge in [0.15, 0.2) is 0 Å². The van der Waals surface area contributed by atoms with E-state index in [0.29, 0.717) is 5.92 Å². The molecular formula is C7H12BrNS. The Hall–Kier alpha value is 0.110. The van der Waals surface area contributed by atoms with Gasteiger partial charge in [-0.05, 0) is 27.3 Å². The Labute approximate surface area is 74.9 Å². The molecule has 2 N–H and O–H groups in total. The Bertz CT molecular complexity index is 152. The largest absolute Gasteiger partial charge is 0.400 e. The van der Waals surface area contributed by atoms with E-state index in [4.69, 9.17) is 5.73 Å². The summed E-state index contributed by atoms with van der Waals surface area (Å²) < 4.78 is 0.970. The molecule has 0 saturated heterocycles. The lowest BCUT2D eigenvalue weighted by Crippen LogP contribution is -2.05. The topological polar surface area (TPSA) is 26.0 Å². The molecule has 10 heavy (non-hydrogen) atoms. The van der Waals surface area contributed by atoms with Crippen LogP contribution in [0.5, 0.6) is 0 Å². The van der Waals surface area contributed by atoms with Gasteiger partial charge in [0.1, 0.15) is 0 Å². The molecule has 0 aliphatic carbocycles. The Balaban J connectivity index is 4.18. The van der Waals surface area contributed by atoms with Gasteiger partial charge in [0.2, 0.25) is 0 Å². The molecule has 0 aromatic carbocycles. The zero-order valence-corrected chi connectivity index (χ0v) is 8.63. The van der Waals surface area contributed by atoms with Crippen LogP contribution in [0.25, 0.3) is 0 Å². The molecule has 0 aromatic rings. The number of allylic oxidation sites excluding steroid dienone is 1. The molecular weight excluding hydrogens is 210 g/mol. The molecule has 3 heteroatoms. The van der Waals surface area contributed by atoms with Gasteiger partial charge >= 0.3 is 0 Å². The van der Waals surface area contributed by atoms with Crippen molar-refractivity contribution in [1.82, 2.24) is 0 Å². The summed E-state index contributed by atoms with van der Waals surface area (Å²) in [5.41, 5.74) is 6.59. The molecule has 0 aliphatic rings. The zero-order chi connectivity index (χ0) is 8.15. The molecule has 0 atom stereocenters. The summed E-state index contributed by atoms with van der Waals surface area (Å²) in [6.07, 6.45) is 0. The number of hydrogen-bond donors (Lipinski definition) is 1. The smallest absolute Gasteiger partial charge is 0.0735 e. The maximum Gasteiger partial charge on any atom is 0.0735 e. The van der Waals surface area contributed by atoms with Crippen LogP contribution in [0.4, 0.5) is 0 Å². The normalized spacial score (nSPS) is 13.2. The van der Waals surface area contributed by atoms with Crippen molar-refractivity contribution in [2.24, 2.45) is 11.7 Å². The molecule has 58 valence electrons. The van der Waals surface area contributed by atoms with Gasteiger partial charge < -0.3 is 5.73 Å². The lowest BCUT2D eigenvalue weighted by molar-refractivity contribution is 0.759. The molecule has 0 heterocycles. The first-order chi connectivity index (χ1) is 4.59. The molecule has 0 unspecified atom stereocenters. The first-order valence-corrected chi connectivity index (χ1v) is 4.69. The van der Waals surface area contributed by atoms with E-state index in [9.17, 15) is 0 Å². The van der Waals surface area contributed by atoms with Crippen LogP contribution in [-0.2, 0) is 0 Å². The highest BCUT2D eigenvalue weighted by atomic mass is 79.9. The van der Waals surface area contributed by atoms with E-state index in [0.717, 1.165) is 9.51 Å². The lowest BCUT2D eigenvalue weighted by Gasteiger charge is -2.06. The van der Waals surface area contributed by atoms with E-state index >= 15 is 0 Å². The van der Waals surface area contributed by atoms with E-state index in [1.807, 2.05) is 0 Å². The van der Waals surface area contributed by atoms with Crippen molar-refractivity contribution in [3.8, 4) is 0 Å². The quantitative estimate of drug-likeness (QED) is 0.794. The average Bonchev–Trinajstić information content (AvgIpc) is 1.87. The molecule has 0 fully saturated rings. The van der Waals surface area contributed by atoms with Gasteiger partial charge in [-0.3, -0.25) is 0 Å². The van der Waals surface area contributed by atoms with E-state index < -0.39 is 0 Å². The fourth-order valence-corrected chi connectivity index (χ4v) is 1.74. The third-order valence-electron chi connectivity index (χ3n) is 1.04. The van der Waals surface area contributed by atoms with Gasteiger partial charge in [-0.2, -0.15) is 0 Å². The molecule has 1 nitrogen and oxygen atoms in total. The first kappa shape index (κ1) is 10.1. The van der Waals surface area contributed by atoms with E-state index in [-0.39, 0.29) is 0 Å². The summed E-state index contributed by atoms with van der Waals surface area (Å²) in [7, 11) is 0. The van der Waals surface area contributed by atoms with E-state index in [2.05, 4.69) is 36.4 Å². The van der Waals surface area contributed by atoms with Crippen molar-refractivity contribution in [2.75, 3.05) is 0 Å². The molecule has 0 amide bonds. The van der Waals surface area contributed by atoms with Crippen LogP contribution in [0.15, 0.2) is 21.5 Å². The summed E-state index contributed by atoms with van der Waals surface area (Å²) in [5, 5.41) is 1.75. The van der Waals surface area contributed by atoms with Crippen LogP contribution >= 0.6 is 27.7 Å². The Morgan fingerprint density at radius 2 is 2.20 bits per heavy atom. The summed E-state index contributed by atoms with van der Waals surface area (Å²) >= 11 is 4.85. The summed E-state index contributed by atoms with van der Waals surface area (Å²) in [5.74, 6) is 0.391. The van der Waals surface area contributed by atoms with Crippen molar-refractivity contribution in [2.45, 2.75) is 13.8 Å². The first-order valence-electron chi connectivity index (χ1n) is 3.02. The van der Waals surface area contributed by atoms with E-state index in [1.165, 1.54) is 11.8 Å². The highest BCUT2D eigenvalue weighted by molar-refractivity contribution is 9.14. The summed E-state index contributed by atoms with van der Waals surface area (Å²) in [6, 6.07) is 0. The third-order valence-corrected chi connectivity index (χ3v) is 2.66. The van der Waals surface area contributed by atoms with Crippen molar-refractivity contribution < 1.29 is 0 Å². The van der Waals surface area contributed by atoms with Gasteiger partial charge in [0, 0.05) is 5.70 Å². The zero-order valence-electron chi connectivity index (χ0n) is 6.23. The number of hydrogen-bond acceptors (Lipinski definition) is 2. The standard InChI is InChI=1S/C7H12BrNS/c1-4-10-7(8)6(9)5(2)3/h4-5H,1,9H2,2-3H3/b7-6-. The Morgan fingerprint density at radius 3 is 2.50 bits per heavy atom. The third kappa shape index (κ3) is 3.32. The van der Waals surface area contributed by atoms with Gasteiger partial charge in [-0.25, -0.2) is 0 Å². The van der Waals surface area contributed by atoms with Crippen LogP contribution < -0.4 is 5.73 Å². The average molecular weight is 222 g/mol. The van der Waals surface area contributed by atoms with Crippen LogP contribution in [0.2, 0.25) is 0 Å². The predicted molar refractivity (Wildman–Crippen MR) is 52.8 cm³/mol. The van der Waals surface area contributed by atoms with Crippen molar-refractivity contribution in [1.29, 1.82) is 0 Å². The van der Waals surface area contributed by atoms with Crippen LogP contribution in [-0.4, -0.2) is 0 Å². The molecule has 0 spiro atoms. The number of nitrogens with two attached hydrogens (primary N) is 1. The molecule has 0 bridgehead atoms. The maximum atomic E-state index is 5.71. The predicted octanol–water partition coefficient (Wildman–Crippen LogP) is 3.04. The van der Waals surface area contributed by atoms with Crippen LogP contribution in [0, 0.1) is 5.92 Å². The highest BCUT2D eigenvalue weighted by Gasteiger charge is 2.02. The fourth-order valence-electron chi connectivity index (χ4n) is 0.368.